The molecule has 4 heteroatoms. The molecule has 0 aromatic carbocycles. The van der Waals surface area contributed by atoms with Crippen LogP contribution in [0.2, 0.25) is 0 Å². The van der Waals surface area contributed by atoms with Crippen molar-refractivity contribution in [3.05, 3.63) is 0 Å². The Morgan fingerprint density at radius 2 is 2.30 bits per heavy atom. The summed E-state index contributed by atoms with van der Waals surface area (Å²) in [6.45, 7) is 3.20. The van der Waals surface area contributed by atoms with Gasteiger partial charge in [0, 0.05) is 12.3 Å². The van der Waals surface area contributed by atoms with Crippen LogP contribution < -0.4 is 5.32 Å². The predicted octanol–water partition coefficient (Wildman–Crippen LogP) is -0.217. The zero-order valence-corrected chi connectivity index (χ0v) is 6.95. The number of hydrogen-bond acceptors (Lipinski definition) is 3. The summed E-state index contributed by atoms with van der Waals surface area (Å²) >= 11 is 0. The average Bonchev–Trinajstić information content (AvgIpc) is 2.38. The van der Waals surface area contributed by atoms with Gasteiger partial charge >= 0.3 is 0 Å². The molecule has 0 bridgehead atoms. The van der Waals surface area contributed by atoms with Crippen LogP contribution in [0.5, 0.6) is 0 Å². The highest BCUT2D eigenvalue weighted by atomic mass is 32.2. The van der Waals surface area contributed by atoms with Crippen molar-refractivity contribution in [2.75, 3.05) is 18.8 Å². The molecule has 1 atom stereocenters. The number of sulfone groups is 1. The van der Waals surface area contributed by atoms with E-state index >= 15 is 0 Å². The van der Waals surface area contributed by atoms with Crippen molar-refractivity contribution >= 4 is 9.84 Å². The molecule has 1 heterocycles. The first-order valence-electron chi connectivity index (χ1n) is 3.59. The fraction of sp³-hybridized carbons (Fsp3) is 1.00. The lowest BCUT2D eigenvalue weighted by Crippen LogP contribution is -2.25. The first-order chi connectivity index (χ1) is 4.67. The highest BCUT2D eigenvalue weighted by Crippen LogP contribution is 2.09. The lowest BCUT2D eigenvalue weighted by atomic mass is 10.4. The summed E-state index contributed by atoms with van der Waals surface area (Å²) in [6.07, 6.45) is 0.788. The molecule has 1 aliphatic heterocycles. The second-order valence-electron chi connectivity index (χ2n) is 2.57. The lowest BCUT2D eigenvalue weighted by molar-refractivity contribution is 0.584. The Morgan fingerprint density at radius 3 is 2.70 bits per heavy atom. The Kier molecular flexibility index (Phi) is 2.31. The van der Waals surface area contributed by atoms with Crippen molar-refractivity contribution < 1.29 is 8.42 Å². The summed E-state index contributed by atoms with van der Waals surface area (Å²) in [5.41, 5.74) is 0. The molecule has 0 amide bonds. The third kappa shape index (κ3) is 1.49. The Morgan fingerprint density at radius 1 is 1.60 bits per heavy atom. The molecule has 3 nitrogen and oxygen atoms in total. The highest BCUT2D eigenvalue weighted by molar-refractivity contribution is 7.92. The van der Waals surface area contributed by atoms with E-state index in [1.54, 1.807) is 6.92 Å². The highest BCUT2D eigenvalue weighted by Gasteiger charge is 2.26. The van der Waals surface area contributed by atoms with Gasteiger partial charge < -0.3 is 5.32 Å². The van der Waals surface area contributed by atoms with E-state index in [0.29, 0.717) is 6.54 Å². The van der Waals surface area contributed by atoms with Crippen molar-refractivity contribution in [1.29, 1.82) is 0 Å². The average molecular weight is 163 g/mol. The van der Waals surface area contributed by atoms with Crippen molar-refractivity contribution in [2.45, 2.75) is 18.6 Å². The molecule has 0 aromatic rings. The van der Waals surface area contributed by atoms with Crippen LogP contribution in [-0.4, -0.2) is 32.5 Å². The lowest BCUT2D eigenvalue weighted by Gasteiger charge is -2.06. The maximum absolute atomic E-state index is 11.2. The Hall–Kier alpha value is -0.0900. The fourth-order valence-electron chi connectivity index (χ4n) is 1.17. The second kappa shape index (κ2) is 2.88. The van der Waals surface area contributed by atoms with Crippen LogP contribution in [0.15, 0.2) is 0 Å². The molecular weight excluding hydrogens is 150 g/mol. The monoisotopic (exact) mass is 163 g/mol. The molecule has 0 aromatic heterocycles. The normalized spacial score (nSPS) is 27.1. The SMILES string of the molecule is CCS(=O)(=O)[C@H]1CCNC1. The van der Waals surface area contributed by atoms with Gasteiger partial charge in [-0.15, -0.1) is 0 Å². The molecule has 0 radical (unpaired) electrons. The van der Waals surface area contributed by atoms with Gasteiger partial charge in [0.2, 0.25) is 0 Å². The van der Waals surface area contributed by atoms with Gasteiger partial charge in [-0.1, -0.05) is 6.92 Å². The van der Waals surface area contributed by atoms with E-state index in [2.05, 4.69) is 5.32 Å². The molecule has 0 saturated carbocycles. The fourth-order valence-corrected chi connectivity index (χ4v) is 2.49. The number of hydrogen-bond donors (Lipinski definition) is 1. The minimum Gasteiger partial charge on any atom is -0.315 e. The Bertz CT molecular complexity index is 192. The summed E-state index contributed by atoms with van der Waals surface area (Å²) in [7, 11) is -2.76. The zero-order chi connectivity index (χ0) is 7.61. The van der Waals surface area contributed by atoms with E-state index in [-0.39, 0.29) is 11.0 Å². The maximum atomic E-state index is 11.2. The summed E-state index contributed by atoms with van der Waals surface area (Å²) in [5.74, 6) is 0.277. The van der Waals surface area contributed by atoms with Gasteiger partial charge in [0.25, 0.3) is 0 Å². The summed E-state index contributed by atoms with van der Waals surface area (Å²) in [5, 5.41) is 2.92. The van der Waals surface area contributed by atoms with Crippen LogP contribution in [0.4, 0.5) is 0 Å². The largest absolute Gasteiger partial charge is 0.315 e. The topological polar surface area (TPSA) is 46.2 Å². The smallest absolute Gasteiger partial charge is 0.154 e. The Balaban J connectivity index is 2.63. The zero-order valence-electron chi connectivity index (χ0n) is 6.13. The van der Waals surface area contributed by atoms with Gasteiger partial charge in [-0.3, -0.25) is 0 Å². The van der Waals surface area contributed by atoms with Crippen LogP contribution >= 0.6 is 0 Å². The molecular formula is C6H13NO2S. The molecule has 1 aliphatic rings. The number of rotatable bonds is 2. The van der Waals surface area contributed by atoms with E-state index < -0.39 is 9.84 Å². The molecule has 0 unspecified atom stereocenters. The van der Waals surface area contributed by atoms with E-state index in [0.717, 1.165) is 13.0 Å². The van der Waals surface area contributed by atoms with Gasteiger partial charge in [-0.25, -0.2) is 8.42 Å². The molecule has 1 fully saturated rings. The first kappa shape index (κ1) is 8.01. The van der Waals surface area contributed by atoms with Crippen LogP contribution in [0.25, 0.3) is 0 Å². The molecule has 1 N–H and O–H groups in total. The second-order valence-corrected chi connectivity index (χ2v) is 5.14. The standard InChI is InChI=1S/C6H13NO2S/c1-2-10(8,9)6-3-4-7-5-6/h6-7H,2-5H2,1H3/t6-/m0/s1. The van der Waals surface area contributed by atoms with Crippen molar-refractivity contribution in [3.8, 4) is 0 Å². The predicted molar refractivity (Wildman–Crippen MR) is 40.7 cm³/mol. The van der Waals surface area contributed by atoms with Gasteiger partial charge in [-0.2, -0.15) is 0 Å². The van der Waals surface area contributed by atoms with Crippen LogP contribution in [0.1, 0.15) is 13.3 Å². The van der Waals surface area contributed by atoms with Crippen LogP contribution in [-0.2, 0) is 9.84 Å². The molecule has 0 spiro atoms. The van der Waals surface area contributed by atoms with Crippen molar-refractivity contribution in [3.63, 3.8) is 0 Å². The van der Waals surface area contributed by atoms with Crippen molar-refractivity contribution in [1.82, 2.24) is 5.32 Å². The summed E-state index contributed by atoms with van der Waals surface area (Å²) in [6, 6.07) is 0. The van der Waals surface area contributed by atoms with E-state index in [4.69, 9.17) is 0 Å². The van der Waals surface area contributed by atoms with E-state index in [1.165, 1.54) is 0 Å². The van der Waals surface area contributed by atoms with Gasteiger partial charge in [0.05, 0.1) is 5.25 Å². The van der Waals surface area contributed by atoms with Crippen LogP contribution in [0.3, 0.4) is 0 Å². The summed E-state index contributed by atoms with van der Waals surface area (Å²) < 4.78 is 22.3. The molecule has 1 saturated heterocycles. The molecule has 60 valence electrons. The van der Waals surface area contributed by atoms with E-state index in [9.17, 15) is 8.42 Å². The molecule has 10 heavy (non-hydrogen) atoms. The molecule has 1 rings (SSSR count). The van der Waals surface area contributed by atoms with Gasteiger partial charge in [-0.05, 0) is 13.0 Å². The number of nitrogens with one attached hydrogen (secondary N) is 1. The third-order valence-corrected chi connectivity index (χ3v) is 4.15. The Labute approximate surface area is 61.7 Å². The van der Waals surface area contributed by atoms with Crippen molar-refractivity contribution in [2.24, 2.45) is 0 Å². The van der Waals surface area contributed by atoms with Gasteiger partial charge in [0.15, 0.2) is 9.84 Å². The molecule has 0 aliphatic carbocycles. The minimum absolute atomic E-state index is 0.113. The van der Waals surface area contributed by atoms with Crippen LogP contribution in [0, 0.1) is 0 Å². The minimum atomic E-state index is -2.76. The summed E-state index contributed by atoms with van der Waals surface area (Å²) in [4.78, 5) is 0. The first-order valence-corrected chi connectivity index (χ1v) is 5.30. The maximum Gasteiger partial charge on any atom is 0.154 e. The van der Waals surface area contributed by atoms with E-state index in [1.807, 2.05) is 0 Å². The quantitative estimate of drug-likeness (QED) is 0.612. The third-order valence-electron chi connectivity index (χ3n) is 1.93. The van der Waals surface area contributed by atoms with Gasteiger partial charge in [0.1, 0.15) is 0 Å².